The van der Waals surface area contributed by atoms with Crippen molar-refractivity contribution in [3.8, 4) is 28.7 Å². The Balaban J connectivity index is 1.71. The van der Waals surface area contributed by atoms with E-state index in [4.69, 9.17) is 40.0 Å². The molecule has 13 nitrogen and oxygen atoms in total. The van der Waals surface area contributed by atoms with Gasteiger partial charge in [0.15, 0.2) is 0 Å². The normalized spacial score (nSPS) is 15.3. The van der Waals surface area contributed by atoms with Gasteiger partial charge in [0, 0.05) is 23.7 Å². The molecule has 3 aromatic carbocycles. The van der Waals surface area contributed by atoms with Gasteiger partial charge in [0.1, 0.15) is 46.5 Å². The number of ether oxygens (including phenoxy) is 6. The predicted octanol–water partition coefficient (Wildman–Crippen LogP) is 6.23. The number of carbonyl (C=O) groups is 4. The molecule has 1 aliphatic rings. The fourth-order valence-corrected chi connectivity index (χ4v) is 6.33. The molecule has 4 rings (SSSR count). The summed E-state index contributed by atoms with van der Waals surface area (Å²) in [5.74, 6) is -0.357. The first kappa shape index (κ1) is 40.6. The number of hydrogen-bond acceptors (Lipinski definition) is 10. The number of carbonyl (C=O) groups excluding carboxylic acids is 4. The Morgan fingerprint density at radius 2 is 1.49 bits per heavy atom. The zero-order valence-corrected chi connectivity index (χ0v) is 32.4. The number of esters is 1. The number of methoxy groups -OCH3 is 5. The first-order valence-electron chi connectivity index (χ1n) is 17.1. The highest BCUT2D eigenvalue weighted by Gasteiger charge is 2.39. The lowest BCUT2D eigenvalue weighted by Gasteiger charge is -2.26. The Morgan fingerprint density at radius 1 is 0.868 bits per heavy atom. The number of hydrogen-bond donors (Lipinski definition) is 1. The van der Waals surface area contributed by atoms with Crippen molar-refractivity contribution in [2.75, 3.05) is 48.6 Å². The number of halogens is 1. The van der Waals surface area contributed by atoms with Gasteiger partial charge in [-0.25, -0.2) is 9.59 Å². The molecule has 286 valence electrons. The van der Waals surface area contributed by atoms with Crippen molar-refractivity contribution in [1.29, 1.82) is 0 Å². The monoisotopic (exact) mass is 753 g/mol. The van der Waals surface area contributed by atoms with Crippen LogP contribution in [0.5, 0.6) is 28.7 Å². The maximum atomic E-state index is 14.4. The average Bonchev–Trinajstić information content (AvgIpc) is 3.24. The molecule has 1 heterocycles. The average molecular weight is 754 g/mol. The second-order valence-electron chi connectivity index (χ2n) is 13.4. The van der Waals surface area contributed by atoms with E-state index in [1.54, 1.807) is 69.3 Å². The van der Waals surface area contributed by atoms with E-state index >= 15 is 0 Å². The minimum Gasteiger partial charge on any atom is -0.496 e. The Labute approximate surface area is 315 Å². The van der Waals surface area contributed by atoms with E-state index in [9.17, 15) is 19.2 Å². The number of nitrogens with one attached hydrogen (secondary N) is 1. The number of nitrogens with zero attached hydrogens (tertiary/aromatic N) is 2. The summed E-state index contributed by atoms with van der Waals surface area (Å²) in [5, 5.41) is 3.35. The van der Waals surface area contributed by atoms with Crippen LogP contribution in [-0.4, -0.2) is 87.9 Å². The zero-order chi connectivity index (χ0) is 39.0. The van der Waals surface area contributed by atoms with E-state index in [-0.39, 0.29) is 25.1 Å². The molecule has 1 N–H and O–H groups in total. The van der Waals surface area contributed by atoms with Crippen molar-refractivity contribution < 1.29 is 47.6 Å². The molecule has 1 aliphatic heterocycles. The van der Waals surface area contributed by atoms with E-state index in [2.05, 4.69) is 5.32 Å². The topological polar surface area (TPSA) is 142 Å². The van der Waals surface area contributed by atoms with Gasteiger partial charge in [-0.2, -0.15) is 0 Å². The van der Waals surface area contributed by atoms with Crippen molar-refractivity contribution in [3.63, 3.8) is 0 Å². The van der Waals surface area contributed by atoms with Gasteiger partial charge in [0.05, 0.1) is 59.6 Å². The van der Waals surface area contributed by atoms with Crippen LogP contribution in [0.3, 0.4) is 0 Å². The van der Waals surface area contributed by atoms with E-state index in [0.717, 1.165) is 4.90 Å². The van der Waals surface area contributed by atoms with E-state index in [1.165, 1.54) is 40.4 Å². The van der Waals surface area contributed by atoms with Crippen LogP contribution in [0.15, 0.2) is 48.5 Å². The van der Waals surface area contributed by atoms with E-state index < -0.39 is 47.9 Å². The molecule has 2 atom stereocenters. The maximum absolute atomic E-state index is 14.4. The van der Waals surface area contributed by atoms with Gasteiger partial charge in [-0.15, -0.1) is 0 Å². The molecule has 3 aromatic rings. The van der Waals surface area contributed by atoms with Gasteiger partial charge in [-0.3, -0.25) is 14.5 Å². The third kappa shape index (κ3) is 9.83. The standard InChI is InChI=1S/C39H48ClN3O10/c1-10-30(23-11-13-32(50-7)28(17-23)37(46)53-39(2,3)4)41-38(47)43-22-35(44)42(21-29-33(51-8)18-27(48-5)19-34(29)52-9)20-25(36(43)45)15-24-16-26(40)12-14-31(24)49-6/h11-14,16-19,25,30H,10,15,20-22H2,1-9H3,(H,41,47)/t25-,30-/m1/s1. The number of benzene rings is 3. The molecule has 53 heavy (non-hydrogen) atoms. The third-order valence-electron chi connectivity index (χ3n) is 8.77. The van der Waals surface area contributed by atoms with Crippen molar-refractivity contribution >= 4 is 35.4 Å². The summed E-state index contributed by atoms with van der Waals surface area (Å²) in [5.41, 5.74) is 1.20. The third-order valence-corrected chi connectivity index (χ3v) is 9.01. The van der Waals surface area contributed by atoms with Gasteiger partial charge >= 0.3 is 12.0 Å². The zero-order valence-electron chi connectivity index (χ0n) is 31.7. The Morgan fingerprint density at radius 3 is 2.06 bits per heavy atom. The SMILES string of the molecule is CC[C@@H](NC(=O)N1CC(=O)N(Cc2c(OC)cc(OC)cc2OC)C[C@@H](Cc2cc(Cl)ccc2OC)C1=O)c1ccc(OC)c(C(=O)OC(C)(C)C)c1. The van der Waals surface area contributed by atoms with Crippen molar-refractivity contribution in [1.82, 2.24) is 15.1 Å². The minimum absolute atomic E-state index is 0.0119. The molecule has 0 saturated carbocycles. The first-order chi connectivity index (χ1) is 25.2. The lowest BCUT2D eigenvalue weighted by molar-refractivity contribution is -0.135. The van der Waals surface area contributed by atoms with Gasteiger partial charge < -0.3 is 38.6 Å². The summed E-state index contributed by atoms with van der Waals surface area (Å²) in [4.78, 5) is 58.1. The second-order valence-corrected chi connectivity index (χ2v) is 13.9. The quantitative estimate of drug-likeness (QED) is 0.200. The van der Waals surface area contributed by atoms with Gasteiger partial charge in [0.25, 0.3) is 0 Å². The molecule has 0 aliphatic carbocycles. The number of amides is 4. The molecule has 4 amide bonds. The van der Waals surface area contributed by atoms with Crippen LogP contribution < -0.4 is 29.0 Å². The van der Waals surface area contributed by atoms with Crippen LogP contribution in [0.1, 0.15) is 67.2 Å². The van der Waals surface area contributed by atoms with Crippen molar-refractivity contribution in [2.45, 2.75) is 58.7 Å². The number of imide groups is 1. The highest BCUT2D eigenvalue weighted by Crippen LogP contribution is 2.36. The lowest BCUT2D eigenvalue weighted by Crippen LogP contribution is -2.48. The van der Waals surface area contributed by atoms with E-state index in [0.29, 0.717) is 56.9 Å². The fourth-order valence-electron chi connectivity index (χ4n) is 6.14. The van der Waals surface area contributed by atoms with Crippen LogP contribution in [0.2, 0.25) is 5.02 Å². The smallest absolute Gasteiger partial charge is 0.342 e. The maximum Gasteiger partial charge on any atom is 0.342 e. The Kier molecular flexibility index (Phi) is 13.5. The lowest BCUT2D eigenvalue weighted by atomic mass is 9.96. The summed E-state index contributed by atoms with van der Waals surface area (Å²) in [6.45, 7) is 6.58. The molecule has 1 saturated heterocycles. The molecule has 1 fully saturated rings. The summed E-state index contributed by atoms with van der Waals surface area (Å²) in [6, 6.07) is 12.0. The second kappa shape index (κ2) is 17.6. The molecular formula is C39H48ClN3O10. The largest absolute Gasteiger partial charge is 0.496 e. The van der Waals surface area contributed by atoms with Gasteiger partial charge in [0.2, 0.25) is 11.8 Å². The summed E-state index contributed by atoms with van der Waals surface area (Å²) < 4.78 is 33.2. The Bertz CT molecular complexity index is 1800. The number of urea groups is 1. The van der Waals surface area contributed by atoms with Crippen LogP contribution in [0, 0.1) is 5.92 Å². The molecule has 0 bridgehead atoms. The molecule has 0 unspecified atom stereocenters. The summed E-state index contributed by atoms with van der Waals surface area (Å²) in [7, 11) is 7.47. The highest BCUT2D eigenvalue weighted by atomic mass is 35.5. The van der Waals surface area contributed by atoms with Crippen molar-refractivity contribution in [3.05, 3.63) is 75.8 Å². The Hall–Kier alpha value is -5.17. The van der Waals surface area contributed by atoms with Crippen LogP contribution in [-0.2, 0) is 27.3 Å². The minimum atomic E-state index is -0.880. The molecule has 0 aromatic heterocycles. The van der Waals surface area contributed by atoms with Crippen molar-refractivity contribution in [2.24, 2.45) is 5.92 Å². The summed E-state index contributed by atoms with van der Waals surface area (Å²) >= 11 is 6.35. The molecule has 14 heteroatoms. The highest BCUT2D eigenvalue weighted by molar-refractivity contribution is 6.30. The summed E-state index contributed by atoms with van der Waals surface area (Å²) in [6.07, 6.45) is 0.510. The van der Waals surface area contributed by atoms with Gasteiger partial charge in [-0.05, 0) is 75.1 Å². The molecule has 0 spiro atoms. The van der Waals surface area contributed by atoms with Gasteiger partial charge in [-0.1, -0.05) is 24.6 Å². The fraction of sp³-hybridized carbons (Fsp3) is 0.436. The van der Waals surface area contributed by atoms with Crippen LogP contribution in [0.4, 0.5) is 4.79 Å². The van der Waals surface area contributed by atoms with E-state index in [1.807, 2.05) is 6.92 Å². The molecular weight excluding hydrogens is 706 g/mol. The van der Waals surface area contributed by atoms with Crippen LogP contribution >= 0.6 is 11.6 Å². The first-order valence-corrected chi connectivity index (χ1v) is 17.5. The molecule has 0 radical (unpaired) electrons. The number of rotatable bonds is 13. The van der Waals surface area contributed by atoms with Crippen LogP contribution in [0.25, 0.3) is 0 Å². The predicted molar refractivity (Wildman–Crippen MR) is 198 cm³/mol.